The molecule has 5 rings (SSSR count). The van der Waals surface area contributed by atoms with Gasteiger partial charge in [0.15, 0.2) is 0 Å². The summed E-state index contributed by atoms with van der Waals surface area (Å²) in [7, 11) is 0. The number of rotatable bonds is 4. The van der Waals surface area contributed by atoms with Gasteiger partial charge in [0, 0.05) is 49.2 Å². The molecule has 1 aliphatic heterocycles. The quantitative estimate of drug-likeness (QED) is 0.685. The van der Waals surface area contributed by atoms with Crippen molar-refractivity contribution in [1.29, 1.82) is 0 Å². The molecule has 6 heteroatoms. The molecular weight excluding hydrogens is 350 g/mol. The number of pyridine rings is 2. The molecule has 0 saturated heterocycles. The Morgan fingerprint density at radius 1 is 1.18 bits per heavy atom. The van der Waals surface area contributed by atoms with E-state index in [0.29, 0.717) is 11.7 Å². The van der Waals surface area contributed by atoms with Crippen LogP contribution in [0.25, 0.3) is 11.4 Å². The van der Waals surface area contributed by atoms with Gasteiger partial charge in [-0.2, -0.15) is 4.98 Å². The number of hydrogen-bond donors (Lipinski definition) is 0. The SMILES string of the molecule is Cc1ncc2c(c1-c1noc(C3CCCC3)n1)CCN(Cc1ccccn1)C2. The third-order valence-corrected chi connectivity index (χ3v) is 6.02. The molecule has 3 aromatic heterocycles. The van der Waals surface area contributed by atoms with E-state index in [1.165, 1.54) is 24.0 Å². The fraction of sp³-hybridized carbons (Fsp3) is 0.455. The van der Waals surface area contributed by atoms with E-state index in [-0.39, 0.29) is 0 Å². The molecule has 0 atom stereocenters. The van der Waals surface area contributed by atoms with Gasteiger partial charge in [0.1, 0.15) is 0 Å². The highest BCUT2D eigenvalue weighted by atomic mass is 16.5. The van der Waals surface area contributed by atoms with Gasteiger partial charge >= 0.3 is 0 Å². The third-order valence-electron chi connectivity index (χ3n) is 6.02. The molecule has 28 heavy (non-hydrogen) atoms. The maximum atomic E-state index is 5.64. The second kappa shape index (κ2) is 7.43. The van der Waals surface area contributed by atoms with Crippen LogP contribution in [-0.2, 0) is 19.5 Å². The van der Waals surface area contributed by atoms with Gasteiger partial charge in [0.05, 0.1) is 5.69 Å². The van der Waals surface area contributed by atoms with Crippen LogP contribution in [-0.4, -0.2) is 31.6 Å². The lowest BCUT2D eigenvalue weighted by Gasteiger charge is -2.29. The lowest BCUT2D eigenvalue weighted by atomic mass is 9.94. The summed E-state index contributed by atoms with van der Waals surface area (Å²) in [6.07, 6.45) is 9.67. The van der Waals surface area contributed by atoms with E-state index in [9.17, 15) is 0 Å². The van der Waals surface area contributed by atoms with Gasteiger partial charge in [-0.1, -0.05) is 24.1 Å². The predicted octanol–water partition coefficient (Wildman–Crippen LogP) is 4.05. The van der Waals surface area contributed by atoms with Crippen LogP contribution in [0.5, 0.6) is 0 Å². The molecule has 2 aliphatic rings. The summed E-state index contributed by atoms with van der Waals surface area (Å²) < 4.78 is 5.64. The molecule has 0 unspecified atom stereocenters. The largest absolute Gasteiger partial charge is 0.339 e. The molecule has 0 spiro atoms. The van der Waals surface area contributed by atoms with E-state index < -0.39 is 0 Å². The van der Waals surface area contributed by atoms with Gasteiger partial charge in [-0.05, 0) is 49.4 Å². The molecule has 6 nitrogen and oxygen atoms in total. The second-order valence-electron chi connectivity index (χ2n) is 7.94. The van der Waals surface area contributed by atoms with Gasteiger partial charge in [-0.15, -0.1) is 0 Å². The third kappa shape index (κ3) is 3.33. The molecule has 0 N–H and O–H groups in total. The Morgan fingerprint density at radius 2 is 2.07 bits per heavy atom. The lowest BCUT2D eigenvalue weighted by molar-refractivity contribution is 0.242. The minimum Gasteiger partial charge on any atom is -0.339 e. The Morgan fingerprint density at radius 3 is 2.89 bits per heavy atom. The zero-order valence-corrected chi connectivity index (χ0v) is 16.3. The molecule has 1 saturated carbocycles. The van der Waals surface area contributed by atoms with E-state index in [1.54, 1.807) is 0 Å². The molecule has 3 aromatic rings. The standard InChI is InChI=1S/C22H25N5O/c1-15-20(21-25-22(28-26-21)16-6-2-3-7-16)19-9-11-27(13-17(19)12-24-15)14-18-8-4-5-10-23-18/h4-5,8,10,12,16H,2-3,6-7,9,11,13-14H2,1H3. The molecular formula is C22H25N5O. The highest BCUT2D eigenvalue weighted by Gasteiger charge is 2.27. The van der Waals surface area contributed by atoms with Crippen molar-refractivity contribution in [3.8, 4) is 11.4 Å². The first-order valence-electron chi connectivity index (χ1n) is 10.2. The molecule has 4 heterocycles. The van der Waals surface area contributed by atoms with Crippen molar-refractivity contribution in [1.82, 2.24) is 25.0 Å². The van der Waals surface area contributed by atoms with Gasteiger partial charge in [0.25, 0.3) is 0 Å². The Labute approximate surface area is 165 Å². The monoisotopic (exact) mass is 375 g/mol. The second-order valence-corrected chi connectivity index (χ2v) is 7.94. The Hall–Kier alpha value is -2.60. The van der Waals surface area contributed by atoms with Crippen molar-refractivity contribution >= 4 is 0 Å². The Balaban J connectivity index is 1.41. The molecule has 144 valence electrons. The van der Waals surface area contributed by atoms with E-state index in [2.05, 4.69) is 26.1 Å². The Bertz CT molecular complexity index is 962. The molecule has 0 aromatic carbocycles. The summed E-state index contributed by atoms with van der Waals surface area (Å²) in [5, 5.41) is 4.34. The van der Waals surface area contributed by atoms with Crippen LogP contribution >= 0.6 is 0 Å². The van der Waals surface area contributed by atoms with Crippen LogP contribution < -0.4 is 0 Å². The first-order valence-corrected chi connectivity index (χ1v) is 10.2. The molecule has 0 amide bonds. The van der Waals surface area contributed by atoms with Crippen LogP contribution in [0.1, 0.15) is 60.0 Å². The first kappa shape index (κ1) is 17.5. The highest BCUT2D eigenvalue weighted by Crippen LogP contribution is 2.36. The predicted molar refractivity (Wildman–Crippen MR) is 106 cm³/mol. The van der Waals surface area contributed by atoms with Gasteiger partial charge in [-0.3, -0.25) is 14.9 Å². The van der Waals surface area contributed by atoms with Crippen LogP contribution in [0.4, 0.5) is 0 Å². The molecule has 0 bridgehead atoms. The van der Waals surface area contributed by atoms with Crippen LogP contribution in [0.3, 0.4) is 0 Å². The number of nitrogens with zero attached hydrogens (tertiary/aromatic N) is 5. The van der Waals surface area contributed by atoms with Gasteiger partial charge in [-0.25, -0.2) is 0 Å². The van der Waals surface area contributed by atoms with Crippen molar-refractivity contribution in [2.75, 3.05) is 6.54 Å². The van der Waals surface area contributed by atoms with Gasteiger partial charge in [0.2, 0.25) is 11.7 Å². The fourth-order valence-electron chi connectivity index (χ4n) is 4.54. The lowest BCUT2D eigenvalue weighted by Crippen LogP contribution is -2.31. The van der Waals surface area contributed by atoms with Crippen LogP contribution in [0, 0.1) is 6.92 Å². The van der Waals surface area contributed by atoms with Crippen molar-refractivity contribution in [2.45, 2.75) is 58.0 Å². The van der Waals surface area contributed by atoms with E-state index >= 15 is 0 Å². The number of aromatic nitrogens is 4. The first-order chi connectivity index (χ1) is 13.8. The smallest absolute Gasteiger partial charge is 0.230 e. The number of hydrogen-bond acceptors (Lipinski definition) is 6. The molecule has 0 radical (unpaired) electrons. The van der Waals surface area contributed by atoms with E-state index in [4.69, 9.17) is 9.51 Å². The number of fused-ring (bicyclic) bond motifs is 1. The van der Waals surface area contributed by atoms with Crippen molar-refractivity contribution in [2.24, 2.45) is 0 Å². The average Bonchev–Trinajstić information content (AvgIpc) is 3.41. The van der Waals surface area contributed by atoms with Crippen molar-refractivity contribution in [3.05, 3.63) is 59.0 Å². The summed E-state index contributed by atoms with van der Waals surface area (Å²) in [5.74, 6) is 1.95. The minimum absolute atomic E-state index is 0.433. The maximum absolute atomic E-state index is 5.64. The minimum atomic E-state index is 0.433. The highest BCUT2D eigenvalue weighted by molar-refractivity contribution is 5.64. The molecule has 1 aliphatic carbocycles. The number of aryl methyl sites for hydroxylation is 1. The van der Waals surface area contributed by atoms with Crippen molar-refractivity contribution in [3.63, 3.8) is 0 Å². The summed E-state index contributed by atoms with van der Waals surface area (Å²) in [4.78, 5) is 16.3. The summed E-state index contributed by atoms with van der Waals surface area (Å²) in [6, 6.07) is 6.08. The Kier molecular flexibility index (Phi) is 4.64. The van der Waals surface area contributed by atoms with E-state index in [1.807, 2.05) is 31.5 Å². The average molecular weight is 375 g/mol. The normalized spacial score (nSPS) is 17.8. The zero-order valence-electron chi connectivity index (χ0n) is 16.3. The topological polar surface area (TPSA) is 67.9 Å². The van der Waals surface area contributed by atoms with Gasteiger partial charge < -0.3 is 4.52 Å². The maximum Gasteiger partial charge on any atom is 0.230 e. The molecule has 1 fully saturated rings. The van der Waals surface area contributed by atoms with E-state index in [0.717, 1.165) is 61.7 Å². The summed E-state index contributed by atoms with van der Waals surface area (Å²) in [5.41, 5.74) is 5.74. The van der Waals surface area contributed by atoms with Crippen LogP contribution in [0.2, 0.25) is 0 Å². The zero-order chi connectivity index (χ0) is 18.9. The fourth-order valence-corrected chi connectivity index (χ4v) is 4.54. The van der Waals surface area contributed by atoms with Crippen LogP contribution in [0.15, 0.2) is 35.1 Å². The van der Waals surface area contributed by atoms with Crippen molar-refractivity contribution < 1.29 is 4.52 Å². The summed E-state index contributed by atoms with van der Waals surface area (Å²) in [6.45, 7) is 4.77. The summed E-state index contributed by atoms with van der Waals surface area (Å²) >= 11 is 0.